The molecular weight excluding hydrogens is 492 g/mol. The molecule has 38 heavy (non-hydrogen) atoms. The zero-order valence-electron chi connectivity index (χ0n) is 22.7. The number of likely N-dealkylation sites (tertiary alicyclic amines) is 1. The fourth-order valence-electron chi connectivity index (χ4n) is 7.91. The van der Waals surface area contributed by atoms with Gasteiger partial charge in [-0.3, -0.25) is 4.90 Å². The van der Waals surface area contributed by atoms with Crippen LogP contribution in [0.5, 0.6) is 0 Å². The number of piperidine rings is 2. The predicted octanol–water partition coefficient (Wildman–Crippen LogP) is 5.67. The first-order valence-electron chi connectivity index (χ1n) is 14.7. The van der Waals surface area contributed by atoms with Crippen LogP contribution in [0, 0.1) is 6.92 Å². The van der Waals surface area contributed by atoms with E-state index in [-0.39, 0.29) is 0 Å². The third-order valence-electron chi connectivity index (χ3n) is 10.1. The van der Waals surface area contributed by atoms with Crippen molar-refractivity contribution in [3.05, 3.63) is 47.5 Å². The Morgan fingerprint density at radius 1 is 0.868 bits per heavy atom. The van der Waals surface area contributed by atoms with Gasteiger partial charge in [0.2, 0.25) is 0 Å². The smallest absolute Gasteiger partial charge is 0.175 e. The number of benzene rings is 2. The summed E-state index contributed by atoms with van der Waals surface area (Å²) in [5, 5.41) is 0. The second kappa shape index (κ2) is 9.46. The molecular formula is C31H40N4O2S. The molecule has 7 heteroatoms. The van der Waals surface area contributed by atoms with Crippen molar-refractivity contribution in [2.24, 2.45) is 0 Å². The van der Waals surface area contributed by atoms with Crippen LogP contribution in [0.2, 0.25) is 0 Å². The number of fused-ring (bicyclic) bond motifs is 3. The lowest BCUT2D eigenvalue weighted by Gasteiger charge is -2.50. The molecule has 0 radical (unpaired) electrons. The summed E-state index contributed by atoms with van der Waals surface area (Å²) >= 11 is 0. The maximum Gasteiger partial charge on any atom is 0.175 e. The van der Waals surface area contributed by atoms with E-state index in [1.807, 2.05) is 12.1 Å². The molecule has 0 amide bonds. The van der Waals surface area contributed by atoms with Crippen LogP contribution in [0.25, 0.3) is 22.4 Å². The molecule has 202 valence electrons. The molecule has 0 spiro atoms. The summed E-state index contributed by atoms with van der Waals surface area (Å²) in [6.07, 6.45) is 13.7. The topological polar surface area (TPSA) is 69.3 Å². The van der Waals surface area contributed by atoms with E-state index < -0.39 is 9.84 Å². The number of nitrogens with one attached hydrogen (secondary N) is 1. The normalized spacial score (nSPS) is 27.7. The average Bonchev–Trinajstić information content (AvgIpc) is 3.41. The number of nitrogens with zero attached hydrogens (tertiary/aromatic N) is 3. The number of aromatic amines is 1. The standard InChI is InChI=1S/C31H40N4O2S/c1-20-16-23(17-29-30(20)33-31(32-29)22-6-10-28(11-7-22)38(2,36)37)21-12-14-34(15-13-21)27-18-25-8-9-26(19-27)35(25)24-4-3-5-24/h6-7,10-11,16-17,21,24-27H,3-5,8-9,12-15,18-19H2,1-2H3,(H,32,33). The lowest BCUT2D eigenvalue weighted by molar-refractivity contribution is -0.000821. The maximum atomic E-state index is 11.8. The van der Waals surface area contributed by atoms with E-state index in [4.69, 9.17) is 4.98 Å². The molecule has 2 unspecified atom stereocenters. The number of sulfone groups is 1. The highest BCUT2D eigenvalue weighted by molar-refractivity contribution is 7.90. The minimum Gasteiger partial charge on any atom is -0.338 e. The molecule has 2 bridgehead atoms. The van der Waals surface area contributed by atoms with Crippen molar-refractivity contribution in [1.82, 2.24) is 19.8 Å². The number of hydrogen-bond donors (Lipinski definition) is 1. The van der Waals surface area contributed by atoms with Gasteiger partial charge in [-0.25, -0.2) is 13.4 Å². The van der Waals surface area contributed by atoms with Crippen molar-refractivity contribution in [3.63, 3.8) is 0 Å². The van der Waals surface area contributed by atoms with E-state index in [2.05, 4.69) is 33.8 Å². The Hall–Kier alpha value is -2.22. The molecule has 4 aliphatic rings. The average molecular weight is 533 g/mol. The fourth-order valence-corrected chi connectivity index (χ4v) is 8.54. The van der Waals surface area contributed by atoms with Crippen LogP contribution < -0.4 is 0 Å². The molecule has 1 saturated carbocycles. The van der Waals surface area contributed by atoms with E-state index in [1.165, 1.54) is 88.3 Å². The molecule has 1 aromatic heterocycles. The Kier molecular flexibility index (Phi) is 6.17. The molecule has 6 nitrogen and oxygen atoms in total. The molecule has 1 aliphatic carbocycles. The van der Waals surface area contributed by atoms with E-state index in [9.17, 15) is 8.42 Å². The molecule has 2 atom stereocenters. The van der Waals surface area contributed by atoms with Crippen LogP contribution in [0.3, 0.4) is 0 Å². The molecule has 3 saturated heterocycles. The highest BCUT2D eigenvalue weighted by Crippen LogP contribution is 2.44. The quantitative estimate of drug-likeness (QED) is 0.459. The second-order valence-electron chi connectivity index (χ2n) is 12.5. The summed E-state index contributed by atoms with van der Waals surface area (Å²) in [6.45, 7) is 4.59. The van der Waals surface area contributed by atoms with Crippen LogP contribution in [0.1, 0.15) is 74.8 Å². The summed E-state index contributed by atoms with van der Waals surface area (Å²) in [6, 6.07) is 15.0. The molecule has 3 aromatic rings. The Labute approximate surface area is 226 Å². The lowest BCUT2D eigenvalue weighted by Crippen LogP contribution is -2.56. The minimum absolute atomic E-state index is 0.332. The summed E-state index contributed by atoms with van der Waals surface area (Å²) in [4.78, 5) is 14.5. The first-order chi connectivity index (χ1) is 18.3. The molecule has 2 aromatic carbocycles. The van der Waals surface area contributed by atoms with Gasteiger partial charge in [0.15, 0.2) is 9.84 Å². The minimum atomic E-state index is -3.21. The predicted molar refractivity (Wildman–Crippen MR) is 152 cm³/mol. The molecule has 7 rings (SSSR count). The number of imidazole rings is 1. The Morgan fingerprint density at radius 3 is 2.16 bits per heavy atom. The molecule has 1 N–H and O–H groups in total. The first-order valence-corrected chi connectivity index (χ1v) is 16.5. The van der Waals surface area contributed by atoms with Gasteiger partial charge in [-0.1, -0.05) is 12.5 Å². The van der Waals surface area contributed by atoms with Gasteiger partial charge in [0.1, 0.15) is 5.82 Å². The lowest BCUT2D eigenvalue weighted by atomic mass is 9.84. The molecule has 4 heterocycles. The van der Waals surface area contributed by atoms with Crippen molar-refractivity contribution in [1.29, 1.82) is 0 Å². The van der Waals surface area contributed by atoms with Gasteiger partial charge in [0.25, 0.3) is 0 Å². The van der Waals surface area contributed by atoms with E-state index in [1.54, 1.807) is 12.1 Å². The van der Waals surface area contributed by atoms with Crippen LogP contribution >= 0.6 is 0 Å². The number of aryl methyl sites for hydroxylation is 1. The van der Waals surface area contributed by atoms with Crippen molar-refractivity contribution in [3.8, 4) is 11.4 Å². The van der Waals surface area contributed by atoms with Gasteiger partial charge in [-0.05, 0) is 119 Å². The largest absolute Gasteiger partial charge is 0.338 e. The highest BCUT2D eigenvalue weighted by Gasteiger charge is 2.46. The molecule has 3 aliphatic heterocycles. The number of rotatable bonds is 5. The number of aromatic nitrogens is 2. The van der Waals surface area contributed by atoms with Crippen LogP contribution in [0.15, 0.2) is 41.3 Å². The SMILES string of the molecule is Cc1cc(C2CCN(C3CC4CCC(C3)N4C3CCC3)CC2)cc2[nH]c(-c3ccc(S(C)(=O)=O)cc3)nc12. The second-order valence-corrected chi connectivity index (χ2v) is 14.5. The first kappa shape index (κ1) is 24.8. The Bertz CT molecular complexity index is 1420. The van der Waals surface area contributed by atoms with Gasteiger partial charge in [-0.15, -0.1) is 0 Å². The summed E-state index contributed by atoms with van der Waals surface area (Å²) < 4.78 is 23.6. The Balaban J connectivity index is 1.03. The maximum absolute atomic E-state index is 11.8. The van der Waals surface area contributed by atoms with Gasteiger partial charge >= 0.3 is 0 Å². The van der Waals surface area contributed by atoms with E-state index in [0.29, 0.717) is 10.8 Å². The van der Waals surface area contributed by atoms with Gasteiger partial charge in [0, 0.05) is 36.0 Å². The van der Waals surface area contributed by atoms with Crippen molar-refractivity contribution in [2.75, 3.05) is 19.3 Å². The van der Waals surface area contributed by atoms with Gasteiger partial charge < -0.3 is 9.88 Å². The van der Waals surface area contributed by atoms with Crippen LogP contribution in [-0.4, -0.2) is 71.7 Å². The van der Waals surface area contributed by atoms with Gasteiger partial charge in [-0.2, -0.15) is 0 Å². The van der Waals surface area contributed by atoms with Gasteiger partial charge in [0.05, 0.1) is 15.9 Å². The van der Waals surface area contributed by atoms with E-state index >= 15 is 0 Å². The summed E-state index contributed by atoms with van der Waals surface area (Å²) in [5.41, 5.74) is 5.61. The van der Waals surface area contributed by atoms with Crippen LogP contribution in [-0.2, 0) is 9.84 Å². The summed E-state index contributed by atoms with van der Waals surface area (Å²) in [7, 11) is -3.21. The monoisotopic (exact) mass is 532 g/mol. The van der Waals surface area contributed by atoms with Crippen molar-refractivity contribution < 1.29 is 8.42 Å². The zero-order chi connectivity index (χ0) is 26.0. The third-order valence-corrected chi connectivity index (χ3v) is 11.3. The Morgan fingerprint density at radius 2 is 1.55 bits per heavy atom. The van der Waals surface area contributed by atoms with Crippen molar-refractivity contribution in [2.45, 2.75) is 99.7 Å². The van der Waals surface area contributed by atoms with Crippen LogP contribution in [0.4, 0.5) is 0 Å². The van der Waals surface area contributed by atoms with Crippen molar-refractivity contribution >= 4 is 20.9 Å². The number of hydrogen-bond acceptors (Lipinski definition) is 5. The van der Waals surface area contributed by atoms with E-state index in [0.717, 1.165) is 46.6 Å². The highest BCUT2D eigenvalue weighted by atomic mass is 32.2. The summed E-state index contributed by atoms with van der Waals surface area (Å²) in [5.74, 6) is 1.39. The fraction of sp³-hybridized carbons (Fsp3) is 0.581. The molecule has 4 fully saturated rings. The zero-order valence-corrected chi connectivity index (χ0v) is 23.5. The number of H-pyrrole nitrogens is 1. The third kappa shape index (κ3) is 4.40.